The third-order valence-electron chi connectivity index (χ3n) is 5.88. The van der Waals surface area contributed by atoms with Crippen LogP contribution in [0.4, 0.5) is 10.6 Å². The Bertz CT molecular complexity index is 1620. The number of hydrogen-bond acceptors (Lipinski definition) is 9. The van der Waals surface area contributed by atoms with Gasteiger partial charge in [-0.25, -0.2) is 13.2 Å². The van der Waals surface area contributed by atoms with Crippen LogP contribution >= 0.6 is 0 Å². The van der Waals surface area contributed by atoms with Crippen LogP contribution in [-0.2, 0) is 34.3 Å². The first-order valence-corrected chi connectivity index (χ1v) is 14.0. The Morgan fingerprint density at radius 1 is 1.07 bits per heavy atom. The summed E-state index contributed by atoms with van der Waals surface area (Å²) < 4.78 is 52.3. The highest BCUT2D eigenvalue weighted by atomic mass is 32.2. The van der Waals surface area contributed by atoms with Crippen molar-refractivity contribution in [2.45, 2.75) is 57.7 Å². The van der Waals surface area contributed by atoms with Crippen LogP contribution in [0, 0.1) is 0 Å². The summed E-state index contributed by atoms with van der Waals surface area (Å²) in [5.74, 6) is 0.737. The topological polar surface area (TPSA) is 147 Å². The first-order chi connectivity index (χ1) is 18.9. The Labute approximate surface area is 232 Å². The van der Waals surface area contributed by atoms with Gasteiger partial charge in [-0.2, -0.15) is 5.10 Å². The number of amides is 1. The van der Waals surface area contributed by atoms with Crippen molar-refractivity contribution in [3.8, 4) is 11.5 Å². The molecule has 4 aromatic rings. The molecule has 0 unspecified atom stereocenters. The molecule has 2 aromatic heterocycles. The fourth-order valence-corrected chi connectivity index (χ4v) is 5.21. The van der Waals surface area contributed by atoms with Gasteiger partial charge in [0.05, 0.1) is 32.3 Å². The summed E-state index contributed by atoms with van der Waals surface area (Å²) in [4.78, 5) is 11.9. The molecule has 0 saturated carbocycles. The number of aryl methyl sites for hydroxylation is 1. The maximum Gasteiger partial charge on any atom is 0.407 e. The molecule has 40 heavy (non-hydrogen) atoms. The Morgan fingerprint density at radius 3 is 2.50 bits per heavy atom. The zero-order valence-electron chi connectivity index (χ0n) is 23.3. The van der Waals surface area contributed by atoms with Gasteiger partial charge in [0.15, 0.2) is 11.4 Å². The van der Waals surface area contributed by atoms with Gasteiger partial charge in [-0.05, 0) is 57.0 Å². The van der Waals surface area contributed by atoms with Crippen LogP contribution in [0.2, 0.25) is 0 Å². The quantitative estimate of drug-likeness (QED) is 0.281. The number of anilines is 1. The lowest BCUT2D eigenvalue weighted by atomic mass is 10.1. The van der Waals surface area contributed by atoms with Gasteiger partial charge in [0.2, 0.25) is 0 Å². The molecule has 0 fully saturated rings. The van der Waals surface area contributed by atoms with Crippen LogP contribution in [0.15, 0.2) is 52.1 Å². The van der Waals surface area contributed by atoms with Gasteiger partial charge in [0.25, 0.3) is 10.0 Å². The minimum Gasteiger partial charge on any atom is -0.496 e. The van der Waals surface area contributed by atoms with E-state index in [1.54, 1.807) is 62.1 Å². The molecule has 0 atom stereocenters. The number of ether oxygens (including phenoxy) is 3. The first kappa shape index (κ1) is 28.7. The highest BCUT2D eigenvalue weighted by Crippen LogP contribution is 2.33. The fraction of sp³-hybridized carbons (Fsp3) is 0.370. The molecule has 0 aliphatic rings. The Hall–Kier alpha value is -4.26. The molecule has 0 saturated heterocycles. The number of sulfonamides is 1. The molecule has 2 aromatic carbocycles. The van der Waals surface area contributed by atoms with Gasteiger partial charge in [-0.15, -0.1) is 0 Å². The van der Waals surface area contributed by atoms with Crippen LogP contribution in [0.5, 0.6) is 11.5 Å². The summed E-state index contributed by atoms with van der Waals surface area (Å²) in [5.41, 5.74) is 2.13. The molecule has 1 amide bonds. The van der Waals surface area contributed by atoms with E-state index in [0.717, 1.165) is 16.7 Å². The number of alkyl carbamates (subject to hydrolysis) is 1. The molecule has 4 rings (SSSR count). The maximum absolute atomic E-state index is 13.3. The minimum absolute atomic E-state index is 0.00438. The van der Waals surface area contributed by atoms with Gasteiger partial charge >= 0.3 is 6.09 Å². The summed E-state index contributed by atoms with van der Waals surface area (Å²) in [5, 5.41) is 11.4. The van der Waals surface area contributed by atoms with Crippen molar-refractivity contribution >= 4 is 32.9 Å². The van der Waals surface area contributed by atoms with E-state index in [0.29, 0.717) is 29.7 Å². The average molecular weight is 572 g/mol. The predicted octanol–water partition coefficient (Wildman–Crippen LogP) is 4.48. The van der Waals surface area contributed by atoms with Crippen molar-refractivity contribution in [3.63, 3.8) is 0 Å². The van der Waals surface area contributed by atoms with E-state index in [1.807, 2.05) is 13.0 Å². The number of nitrogens with one attached hydrogen (secondary N) is 2. The van der Waals surface area contributed by atoms with Gasteiger partial charge in [-0.1, -0.05) is 18.1 Å². The van der Waals surface area contributed by atoms with E-state index in [1.165, 1.54) is 14.2 Å². The molecular weight excluding hydrogens is 538 g/mol. The second-order valence-corrected chi connectivity index (χ2v) is 11.7. The summed E-state index contributed by atoms with van der Waals surface area (Å²) in [7, 11) is -1.11. The van der Waals surface area contributed by atoms with Crippen LogP contribution in [0.3, 0.4) is 0 Å². The molecule has 13 heteroatoms. The number of hydrogen-bond donors (Lipinski definition) is 2. The second-order valence-electron chi connectivity index (χ2n) is 10.0. The van der Waals surface area contributed by atoms with Gasteiger partial charge in [0.1, 0.15) is 22.0 Å². The number of carbonyl (C=O) groups is 1. The Kier molecular flexibility index (Phi) is 8.24. The SMILES string of the molecule is CCc1ccc(OC)c(S(=O)(=O)Nc2noc3cc(Cn4cc(CNC(=O)OC(C)(C)C)cn4)c(OC)cc23)c1. The third kappa shape index (κ3) is 6.65. The zero-order valence-corrected chi connectivity index (χ0v) is 24.1. The number of nitrogens with zero attached hydrogens (tertiary/aromatic N) is 3. The zero-order chi connectivity index (χ0) is 29.1. The van der Waals surface area contributed by atoms with Crippen LogP contribution in [0.25, 0.3) is 11.0 Å². The highest BCUT2D eigenvalue weighted by molar-refractivity contribution is 7.92. The molecule has 0 radical (unpaired) electrons. The third-order valence-corrected chi connectivity index (χ3v) is 7.24. The molecule has 2 N–H and O–H groups in total. The van der Waals surface area contributed by atoms with E-state index >= 15 is 0 Å². The Balaban J connectivity index is 1.54. The van der Waals surface area contributed by atoms with Crippen molar-refractivity contribution in [3.05, 3.63) is 59.4 Å². The normalized spacial score (nSPS) is 11.8. The number of benzene rings is 2. The summed E-state index contributed by atoms with van der Waals surface area (Å²) in [6.45, 7) is 7.90. The van der Waals surface area contributed by atoms with Crippen molar-refractivity contribution in [1.29, 1.82) is 0 Å². The minimum atomic E-state index is -4.04. The van der Waals surface area contributed by atoms with E-state index in [2.05, 4.69) is 20.3 Å². The molecule has 0 aliphatic heterocycles. The van der Waals surface area contributed by atoms with Gasteiger partial charge in [-0.3, -0.25) is 9.40 Å². The molecule has 0 spiro atoms. The number of fused-ring (bicyclic) bond motifs is 1. The second kappa shape index (κ2) is 11.5. The number of rotatable bonds is 10. The molecular formula is C27H33N5O7S. The van der Waals surface area contributed by atoms with Gasteiger partial charge < -0.3 is 24.1 Å². The molecule has 12 nitrogen and oxygen atoms in total. The lowest BCUT2D eigenvalue weighted by molar-refractivity contribution is 0.0523. The monoisotopic (exact) mass is 571 g/mol. The first-order valence-electron chi connectivity index (χ1n) is 12.6. The molecule has 2 heterocycles. The number of methoxy groups -OCH3 is 2. The van der Waals surface area contributed by atoms with Crippen LogP contribution in [0.1, 0.15) is 44.4 Å². The molecule has 0 bridgehead atoms. The molecule has 0 aliphatic carbocycles. The van der Waals surface area contributed by atoms with E-state index < -0.39 is 21.7 Å². The van der Waals surface area contributed by atoms with Crippen molar-refractivity contribution in [2.75, 3.05) is 18.9 Å². The lowest BCUT2D eigenvalue weighted by Crippen LogP contribution is -2.32. The standard InChI is InChI=1S/C27H33N5O7S/c1-7-17-8-9-21(36-5)24(10-17)40(34,35)31-25-20-12-22(37-6)19(11-23(20)39-30-25)16-32-15-18(14-29-32)13-28-26(33)38-27(2,3)4/h8-12,14-15H,7,13,16H2,1-6H3,(H,28,33)(H,30,31). The van der Waals surface area contributed by atoms with Crippen molar-refractivity contribution < 1.29 is 31.9 Å². The Morgan fingerprint density at radius 2 is 1.82 bits per heavy atom. The summed E-state index contributed by atoms with van der Waals surface area (Å²) >= 11 is 0. The van der Waals surface area contributed by atoms with E-state index in [-0.39, 0.29) is 23.0 Å². The summed E-state index contributed by atoms with van der Waals surface area (Å²) in [6.07, 6.45) is 3.59. The van der Waals surface area contributed by atoms with Crippen molar-refractivity contribution in [2.24, 2.45) is 0 Å². The maximum atomic E-state index is 13.3. The lowest BCUT2D eigenvalue weighted by Gasteiger charge is -2.19. The smallest absolute Gasteiger partial charge is 0.407 e. The predicted molar refractivity (Wildman–Crippen MR) is 148 cm³/mol. The van der Waals surface area contributed by atoms with E-state index in [4.69, 9.17) is 18.7 Å². The summed E-state index contributed by atoms with van der Waals surface area (Å²) in [6, 6.07) is 8.39. The van der Waals surface area contributed by atoms with E-state index in [9.17, 15) is 13.2 Å². The number of carbonyl (C=O) groups excluding carboxylic acids is 1. The largest absolute Gasteiger partial charge is 0.496 e. The van der Waals surface area contributed by atoms with Gasteiger partial charge in [0, 0.05) is 23.9 Å². The van der Waals surface area contributed by atoms with Crippen LogP contribution < -0.4 is 19.5 Å². The fourth-order valence-electron chi connectivity index (χ4n) is 3.97. The van der Waals surface area contributed by atoms with Crippen LogP contribution in [-0.4, -0.2) is 49.3 Å². The molecule has 214 valence electrons. The number of aromatic nitrogens is 3. The average Bonchev–Trinajstić information content (AvgIpc) is 3.51. The van der Waals surface area contributed by atoms with Crippen molar-refractivity contribution in [1.82, 2.24) is 20.3 Å². The highest BCUT2D eigenvalue weighted by Gasteiger charge is 2.24.